The number of rotatable bonds is 7. The van der Waals surface area contributed by atoms with Crippen LogP contribution in [0.5, 0.6) is 0 Å². The normalized spacial score (nSPS) is 16.9. The maximum Gasteiger partial charge on any atom is 0.239 e. The Balaban J connectivity index is 2.17. The van der Waals surface area contributed by atoms with E-state index >= 15 is 0 Å². The molecule has 0 bridgehead atoms. The van der Waals surface area contributed by atoms with Gasteiger partial charge < -0.3 is 5.32 Å². The van der Waals surface area contributed by atoms with Crippen molar-refractivity contribution in [3.8, 4) is 0 Å². The van der Waals surface area contributed by atoms with E-state index in [1.165, 1.54) is 17.1 Å². The van der Waals surface area contributed by atoms with E-state index in [4.69, 9.17) is 0 Å². The highest BCUT2D eigenvalue weighted by atomic mass is 32.2. The van der Waals surface area contributed by atoms with E-state index in [0.717, 1.165) is 11.3 Å². The van der Waals surface area contributed by atoms with Crippen molar-refractivity contribution >= 4 is 15.7 Å². The molecule has 0 aliphatic heterocycles. The molecule has 1 aliphatic carbocycles. The average Bonchev–Trinajstić information content (AvgIpc) is 3.22. The van der Waals surface area contributed by atoms with Crippen molar-refractivity contribution in [1.82, 2.24) is 5.32 Å². The first-order chi connectivity index (χ1) is 9.46. The zero-order valence-electron chi connectivity index (χ0n) is 12.5. The van der Waals surface area contributed by atoms with Crippen LogP contribution in [0, 0.1) is 6.92 Å². The third kappa shape index (κ3) is 3.33. The van der Waals surface area contributed by atoms with E-state index in [0.29, 0.717) is 19.1 Å². The van der Waals surface area contributed by atoms with Crippen LogP contribution in [0.2, 0.25) is 0 Å². The molecular weight excluding hydrogens is 272 g/mol. The van der Waals surface area contributed by atoms with Crippen molar-refractivity contribution in [2.75, 3.05) is 17.4 Å². The molecule has 1 unspecified atom stereocenters. The van der Waals surface area contributed by atoms with Crippen LogP contribution in [0.25, 0.3) is 0 Å². The first-order valence-electron chi connectivity index (χ1n) is 7.27. The van der Waals surface area contributed by atoms with E-state index in [1.807, 2.05) is 38.1 Å². The molecule has 0 saturated heterocycles. The zero-order valence-corrected chi connectivity index (χ0v) is 13.3. The molecule has 5 heteroatoms. The lowest BCUT2D eigenvalue weighted by molar-refractivity contribution is 0.567. The highest BCUT2D eigenvalue weighted by molar-refractivity contribution is 7.93. The Kier molecular flexibility index (Phi) is 4.70. The van der Waals surface area contributed by atoms with Crippen LogP contribution in [0.4, 0.5) is 5.69 Å². The maximum absolute atomic E-state index is 12.7. The SMILES string of the molecule is CCN(c1ccccc1C)S(=O)(=O)C(C)CNC1CC1. The Labute approximate surface area is 122 Å². The summed E-state index contributed by atoms with van der Waals surface area (Å²) in [4.78, 5) is 0. The maximum atomic E-state index is 12.7. The van der Waals surface area contributed by atoms with Crippen LogP contribution in [0.3, 0.4) is 0 Å². The predicted molar refractivity (Wildman–Crippen MR) is 83.6 cm³/mol. The molecule has 0 spiro atoms. The van der Waals surface area contributed by atoms with Gasteiger partial charge >= 0.3 is 0 Å². The molecule has 1 N–H and O–H groups in total. The summed E-state index contributed by atoms with van der Waals surface area (Å²) < 4.78 is 27.0. The van der Waals surface area contributed by atoms with E-state index in [1.54, 1.807) is 6.92 Å². The lowest BCUT2D eigenvalue weighted by atomic mass is 10.2. The molecule has 0 radical (unpaired) electrons. The Morgan fingerprint density at radius 3 is 2.55 bits per heavy atom. The molecule has 1 saturated carbocycles. The number of benzene rings is 1. The van der Waals surface area contributed by atoms with Gasteiger partial charge in [-0.2, -0.15) is 0 Å². The summed E-state index contributed by atoms with van der Waals surface area (Å²) in [6, 6.07) is 8.16. The van der Waals surface area contributed by atoms with Crippen LogP contribution in [-0.4, -0.2) is 32.8 Å². The van der Waals surface area contributed by atoms with Gasteiger partial charge in [0.15, 0.2) is 0 Å². The second-order valence-electron chi connectivity index (χ2n) is 5.49. The summed E-state index contributed by atoms with van der Waals surface area (Å²) >= 11 is 0. The van der Waals surface area contributed by atoms with Gasteiger partial charge in [0.1, 0.15) is 0 Å². The monoisotopic (exact) mass is 296 g/mol. The molecule has 1 atom stereocenters. The third-order valence-electron chi connectivity index (χ3n) is 3.76. The molecule has 1 aliphatic rings. The summed E-state index contributed by atoms with van der Waals surface area (Å²) in [5.74, 6) is 0. The Hall–Kier alpha value is -1.07. The molecule has 0 heterocycles. The fourth-order valence-electron chi connectivity index (χ4n) is 2.27. The molecule has 1 aromatic carbocycles. The molecule has 20 heavy (non-hydrogen) atoms. The van der Waals surface area contributed by atoms with Crippen molar-refractivity contribution < 1.29 is 8.42 Å². The molecule has 4 nitrogen and oxygen atoms in total. The summed E-state index contributed by atoms with van der Waals surface area (Å²) in [7, 11) is -3.32. The number of sulfonamides is 1. The van der Waals surface area contributed by atoms with Gasteiger partial charge in [-0.1, -0.05) is 18.2 Å². The van der Waals surface area contributed by atoms with Gasteiger partial charge in [0.2, 0.25) is 10.0 Å². The van der Waals surface area contributed by atoms with Gasteiger partial charge in [0, 0.05) is 19.1 Å². The molecule has 0 aromatic heterocycles. The minimum atomic E-state index is -3.32. The molecular formula is C15H24N2O2S. The van der Waals surface area contributed by atoms with Gasteiger partial charge in [0.05, 0.1) is 10.9 Å². The van der Waals surface area contributed by atoms with Crippen LogP contribution >= 0.6 is 0 Å². The number of nitrogens with zero attached hydrogens (tertiary/aromatic N) is 1. The van der Waals surface area contributed by atoms with Gasteiger partial charge in [0.25, 0.3) is 0 Å². The van der Waals surface area contributed by atoms with Crippen molar-refractivity contribution in [3.63, 3.8) is 0 Å². The van der Waals surface area contributed by atoms with Gasteiger partial charge in [-0.25, -0.2) is 8.42 Å². The number of hydrogen-bond donors (Lipinski definition) is 1. The molecule has 1 fully saturated rings. The molecule has 0 amide bonds. The Morgan fingerprint density at radius 1 is 1.35 bits per heavy atom. The van der Waals surface area contributed by atoms with Crippen LogP contribution in [0.15, 0.2) is 24.3 Å². The summed E-state index contributed by atoms with van der Waals surface area (Å²) in [5.41, 5.74) is 1.77. The predicted octanol–water partition coefficient (Wildman–Crippen LogP) is 2.29. The highest BCUT2D eigenvalue weighted by Crippen LogP contribution is 2.25. The number of para-hydroxylation sites is 1. The first kappa shape index (κ1) is 15.3. The summed E-state index contributed by atoms with van der Waals surface area (Å²) in [6.07, 6.45) is 2.34. The van der Waals surface area contributed by atoms with E-state index in [2.05, 4.69) is 5.32 Å². The second-order valence-corrected chi connectivity index (χ2v) is 7.76. The second kappa shape index (κ2) is 6.14. The highest BCUT2D eigenvalue weighted by Gasteiger charge is 2.30. The van der Waals surface area contributed by atoms with Crippen molar-refractivity contribution in [2.45, 2.75) is 44.9 Å². The van der Waals surface area contributed by atoms with Gasteiger partial charge in [-0.15, -0.1) is 0 Å². The third-order valence-corrected chi connectivity index (χ3v) is 6.01. The summed E-state index contributed by atoms with van der Waals surface area (Å²) in [5, 5.41) is 2.89. The van der Waals surface area contributed by atoms with Crippen LogP contribution in [0.1, 0.15) is 32.3 Å². The van der Waals surface area contributed by atoms with E-state index in [-0.39, 0.29) is 0 Å². The molecule has 1 aromatic rings. The lowest BCUT2D eigenvalue weighted by Gasteiger charge is -2.28. The zero-order chi connectivity index (χ0) is 14.8. The number of anilines is 1. The fourth-order valence-corrected chi connectivity index (χ4v) is 3.85. The lowest BCUT2D eigenvalue weighted by Crippen LogP contribution is -2.42. The minimum Gasteiger partial charge on any atom is -0.313 e. The van der Waals surface area contributed by atoms with Crippen molar-refractivity contribution in [3.05, 3.63) is 29.8 Å². The molecule has 2 rings (SSSR count). The Bertz CT molecular complexity index is 553. The minimum absolute atomic E-state index is 0.414. The quantitative estimate of drug-likeness (QED) is 0.840. The fraction of sp³-hybridized carbons (Fsp3) is 0.600. The van der Waals surface area contributed by atoms with Crippen LogP contribution < -0.4 is 9.62 Å². The van der Waals surface area contributed by atoms with E-state index < -0.39 is 15.3 Å². The van der Waals surface area contributed by atoms with Crippen LogP contribution in [-0.2, 0) is 10.0 Å². The van der Waals surface area contributed by atoms with Gasteiger partial charge in [-0.3, -0.25) is 4.31 Å². The van der Waals surface area contributed by atoms with Crippen molar-refractivity contribution in [1.29, 1.82) is 0 Å². The summed E-state index contributed by atoms with van der Waals surface area (Å²) in [6.45, 7) is 6.59. The topological polar surface area (TPSA) is 49.4 Å². The number of hydrogen-bond acceptors (Lipinski definition) is 3. The first-order valence-corrected chi connectivity index (χ1v) is 8.77. The molecule has 112 valence electrons. The van der Waals surface area contributed by atoms with Gasteiger partial charge in [-0.05, 0) is 45.2 Å². The standard InChI is InChI=1S/C15H24N2O2S/c1-4-17(15-8-6-5-7-12(15)2)20(18,19)13(3)11-16-14-9-10-14/h5-8,13-14,16H,4,9-11H2,1-3H3. The number of nitrogens with one attached hydrogen (secondary N) is 1. The Morgan fingerprint density at radius 2 is 2.00 bits per heavy atom. The van der Waals surface area contributed by atoms with E-state index in [9.17, 15) is 8.42 Å². The average molecular weight is 296 g/mol. The smallest absolute Gasteiger partial charge is 0.239 e. The largest absolute Gasteiger partial charge is 0.313 e. The van der Waals surface area contributed by atoms with Crippen molar-refractivity contribution in [2.24, 2.45) is 0 Å². The number of aryl methyl sites for hydroxylation is 1.